The van der Waals surface area contributed by atoms with E-state index in [1.807, 2.05) is 4.57 Å². The topological polar surface area (TPSA) is 46.9 Å². The van der Waals surface area contributed by atoms with Crippen molar-refractivity contribution in [1.29, 1.82) is 0 Å². The van der Waals surface area contributed by atoms with Crippen LogP contribution in [-0.4, -0.2) is 21.5 Å². The first-order chi connectivity index (χ1) is 13.7. The average Bonchev–Trinajstić information content (AvgIpc) is 3.45. The molecule has 1 amide bonds. The van der Waals surface area contributed by atoms with Crippen LogP contribution >= 0.6 is 0 Å². The maximum Gasteiger partial charge on any atom is 0.270 e. The number of nitrogens with zero attached hydrogens (tertiary/aromatic N) is 2. The molecule has 2 aliphatic rings. The summed E-state index contributed by atoms with van der Waals surface area (Å²) in [5.74, 6) is 1.46. The Hall–Kier alpha value is -2.88. The molecule has 2 aliphatic carbocycles. The average molecular weight is 371 g/mol. The molecule has 0 unspecified atom stereocenters. The van der Waals surface area contributed by atoms with Crippen LogP contribution < -0.4 is 5.32 Å². The van der Waals surface area contributed by atoms with Gasteiger partial charge in [0.05, 0.1) is 12.5 Å². The summed E-state index contributed by atoms with van der Waals surface area (Å²) < 4.78 is 1.88. The molecule has 142 valence electrons. The Bertz CT molecular complexity index is 1000. The van der Waals surface area contributed by atoms with Gasteiger partial charge in [-0.25, -0.2) is 4.98 Å². The predicted octanol–water partition coefficient (Wildman–Crippen LogP) is 4.77. The highest BCUT2D eigenvalue weighted by Crippen LogP contribution is 2.44. The second-order valence-electron chi connectivity index (χ2n) is 8.27. The minimum absolute atomic E-state index is 0.0157. The van der Waals surface area contributed by atoms with Gasteiger partial charge in [-0.05, 0) is 66.8 Å². The molecule has 0 spiro atoms. The Kier molecular flexibility index (Phi) is 4.27. The number of imidazole rings is 1. The Morgan fingerprint density at radius 1 is 1.07 bits per heavy atom. The number of carbonyl (C=O) groups is 1. The zero-order valence-corrected chi connectivity index (χ0v) is 16.1. The van der Waals surface area contributed by atoms with E-state index in [2.05, 4.69) is 65.8 Å². The molecule has 0 aliphatic heterocycles. The van der Waals surface area contributed by atoms with Crippen molar-refractivity contribution in [2.75, 3.05) is 0 Å². The summed E-state index contributed by atoms with van der Waals surface area (Å²) in [4.78, 5) is 17.1. The minimum atomic E-state index is -0.0157. The van der Waals surface area contributed by atoms with Crippen LogP contribution in [0.2, 0.25) is 0 Å². The summed E-state index contributed by atoms with van der Waals surface area (Å²) in [6, 6.07) is 17.0. The van der Waals surface area contributed by atoms with E-state index in [0.717, 1.165) is 18.0 Å². The van der Waals surface area contributed by atoms with Gasteiger partial charge in [-0.2, -0.15) is 0 Å². The lowest BCUT2D eigenvalue weighted by molar-refractivity contribution is 0.0916. The van der Waals surface area contributed by atoms with Crippen molar-refractivity contribution in [3.05, 3.63) is 72.3 Å². The molecule has 2 fully saturated rings. The largest absolute Gasteiger partial charge is 0.348 e. The van der Waals surface area contributed by atoms with E-state index in [1.54, 1.807) is 12.5 Å². The van der Waals surface area contributed by atoms with Crippen molar-refractivity contribution in [3.8, 4) is 16.8 Å². The summed E-state index contributed by atoms with van der Waals surface area (Å²) in [6.45, 7) is 2.12. The van der Waals surface area contributed by atoms with Crippen molar-refractivity contribution in [2.24, 2.45) is 11.8 Å². The third-order valence-corrected chi connectivity index (χ3v) is 6.53. The van der Waals surface area contributed by atoms with Gasteiger partial charge in [0, 0.05) is 11.7 Å². The van der Waals surface area contributed by atoms with Gasteiger partial charge in [-0.1, -0.05) is 42.8 Å². The molecule has 5 rings (SSSR count). The second kappa shape index (κ2) is 6.93. The third kappa shape index (κ3) is 3.03. The number of hydrogen-bond donors (Lipinski definition) is 1. The van der Waals surface area contributed by atoms with Crippen LogP contribution in [0.1, 0.15) is 41.7 Å². The quantitative estimate of drug-likeness (QED) is 0.718. The monoisotopic (exact) mass is 371 g/mol. The van der Waals surface area contributed by atoms with Gasteiger partial charge in [0.15, 0.2) is 0 Å². The molecule has 4 nitrogen and oxygen atoms in total. The normalized spacial score (nSPS) is 23.1. The molecule has 28 heavy (non-hydrogen) atoms. The summed E-state index contributed by atoms with van der Waals surface area (Å²) in [5.41, 5.74) is 5.21. The van der Waals surface area contributed by atoms with E-state index in [4.69, 9.17) is 0 Å². The Morgan fingerprint density at radius 2 is 1.89 bits per heavy atom. The fraction of sp³-hybridized carbons (Fsp3) is 0.333. The standard InChI is InChI=1S/C24H25N3O/c1-16-4-2-3-5-21(16)18-8-10-20(11-9-18)27-15-25-14-23(27)24(28)26-22-13-17-6-7-19(22)12-17/h2-5,8-11,14-15,17,19,22H,6-7,12-13H2,1H3,(H,26,28)/t17-,19-,22-/m0/s1. The molecule has 3 aromatic rings. The molecule has 1 heterocycles. The Morgan fingerprint density at radius 3 is 2.61 bits per heavy atom. The van der Waals surface area contributed by atoms with Crippen LogP contribution in [0.25, 0.3) is 16.8 Å². The van der Waals surface area contributed by atoms with Crippen molar-refractivity contribution < 1.29 is 4.79 Å². The Balaban J connectivity index is 1.37. The van der Waals surface area contributed by atoms with Crippen LogP contribution in [0.4, 0.5) is 0 Å². The van der Waals surface area contributed by atoms with Crippen LogP contribution in [0, 0.1) is 18.8 Å². The SMILES string of the molecule is Cc1ccccc1-c1ccc(-n2cncc2C(=O)N[C@H]2C[C@H]3CC[C@H]2C3)cc1. The van der Waals surface area contributed by atoms with Gasteiger partial charge in [0.1, 0.15) is 5.69 Å². The lowest BCUT2D eigenvalue weighted by Crippen LogP contribution is -2.39. The molecule has 0 saturated heterocycles. The number of rotatable bonds is 4. The molecule has 2 saturated carbocycles. The van der Waals surface area contributed by atoms with Crippen molar-refractivity contribution in [3.63, 3.8) is 0 Å². The molecule has 1 aromatic heterocycles. The van der Waals surface area contributed by atoms with E-state index >= 15 is 0 Å². The molecule has 2 bridgehead atoms. The zero-order valence-electron chi connectivity index (χ0n) is 16.1. The van der Waals surface area contributed by atoms with Crippen LogP contribution in [-0.2, 0) is 0 Å². The number of fused-ring (bicyclic) bond motifs is 2. The van der Waals surface area contributed by atoms with Crippen LogP contribution in [0.3, 0.4) is 0 Å². The smallest absolute Gasteiger partial charge is 0.270 e. The Labute approximate surface area is 165 Å². The molecular formula is C24H25N3O. The highest BCUT2D eigenvalue weighted by Gasteiger charge is 2.40. The first-order valence-electron chi connectivity index (χ1n) is 10.2. The summed E-state index contributed by atoms with van der Waals surface area (Å²) in [6.07, 6.45) is 8.40. The maximum atomic E-state index is 12.9. The lowest BCUT2D eigenvalue weighted by atomic mass is 9.95. The number of nitrogens with one attached hydrogen (secondary N) is 1. The summed E-state index contributed by atoms with van der Waals surface area (Å²) >= 11 is 0. The van der Waals surface area contributed by atoms with Crippen LogP contribution in [0.15, 0.2) is 61.1 Å². The number of aryl methyl sites for hydroxylation is 1. The van der Waals surface area contributed by atoms with Crippen molar-refractivity contribution in [1.82, 2.24) is 14.9 Å². The van der Waals surface area contributed by atoms with Gasteiger partial charge >= 0.3 is 0 Å². The third-order valence-electron chi connectivity index (χ3n) is 6.53. The fourth-order valence-electron chi connectivity index (χ4n) is 5.03. The highest BCUT2D eigenvalue weighted by molar-refractivity contribution is 5.93. The molecule has 0 radical (unpaired) electrons. The van der Waals surface area contributed by atoms with E-state index in [9.17, 15) is 4.79 Å². The fourth-order valence-corrected chi connectivity index (χ4v) is 5.03. The minimum Gasteiger partial charge on any atom is -0.348 e. The van der Waals surface area contributed by atoms with E-state index < -0.39 is 0 Å². The number of benzene rings is 2. The molecule has 1 N–H and O–H groups in total. The first kappa shape index (κ1) is 17.2. The van der Waals surface area contributed by atoms with Gasteiger partial charge in [0.25, 0.3) is 5.91 Å². The highest BCUT2D eigenvalue weighted by atomic mass is 16.2. The molecule has 2 aromatic carbocycles. The zero-order chi connectivity index (χ0) is 19.1. The maximum absolute atomic E-state index is 12.9. The predicted molar refractivity (Wildman–Crippen MR) is 110 cm³/mol. The molecule has 4 heteroatoms. The molecule has 3 atom stereocenters. The van der Waals surface area contributed by atoms with E-state index in [-0.39, 0.29) is 5.91 Å². The summed E-state index contributed by atoms with van der Waals surface area (Å²) in [5, 5.41) is 3.27. The van der Waals surface area contributed by atoms with Gasteiger partial charge < -0.3 is 5.32 Å². The van der Waals surface area contributed by atoms with Gasteiger partial charge in [-0.15, -0.1) is 0 Å². The number of hydrogen-bond acceptors (Lipinski definition) is 2. The van der Waals surface area contributed by atoms with Crippen LogP contribution in [0.5, 0.6) is 0 Å². The van der Waals surface area contributed by atoms with Crippen molar-refractivity contribution >= 4 is 5.91 Å². The molecular weight excluding hydrogens is 346 g/mol. The van der Waals surface area contributed by atoms with Gasteiger partial charge in [0.2, 0.25) is 0 Å². The van der Waals surface area contributed by atoms with Gasteiger partial charge in [-0.3, -0.25) is 9.36 Å². The number of amides is 1. The number of carbonyl (C=O) groups excluding carboxylic acids is 1. The van der Waals surface area contributed by atoms with E-state index in [1.165, 1.54) is 36.0 Å². The van der Waals surface area contributed by atoms with E-state index in [0.29, 0.717) is 17.7 Å². The summed E-state index contributed by atoms with van der Waals surface area (Å²) in [7, 11) is 0. The lowest BCUT2D eigenvalue weighted by Gasteiger charge is -2.23. The number of aromatic nitrogens is 2. The van der Waals surface area contributed by atoms with Crippen molar-refractivity contribution in [2.45, 2.75) is 38.6 Å². The first-order valence-corrected chi connectivity index (χ1v) is 10.2. The second-order valence-corrected chi connectivity index (χ2v) is 8.27.